The lowest BCUT2D eigenvalue weighted by Crippen LogP contribution is -2.14. The van der Waals surface area contributed by atoms with Gasteiger partial charge in [0, 0.05) is 13.8 Å². The third kappa shape index (κ3) is 2.30. The van der Waals surface area contributed by atoms with Gasteiger partial charge in [-0.2, -0.15) is 17.5 Å². The van der Waals surface area contributed by atoms with Crippen molar-refractivity contribution in [1.82, 2.24) is 4.72 Å². The summed E-state index contributed by atoms with van der Waals surface area (Å²) in [6.45, 7) is 2.80. The minimum Gasteiger partial charge on any atom is -0.199 e. The molecule has 4 nitrogen and oxygen atoms in total. The van der Waals surface area contributed by atoms with Crippen LogP contribution in [0.1, 0.15) is 0 Å². The molecule has 5 heteroatoms. The van der Waals surface area contributed by atoms with E-state index in [1.54, 1.807) is 0 Å². The van der Waals surface area contributed by atoms with Crippen LogP contribution in [-0.4, -0.2) is 22.2 Å². The zero-order valence-electron chi connectivity index (χ0n) is 3.88. The molecule has 0 aliphatic heterocycles. The predicted octanol–water partition coefficient (Wildman–Crippen LogP) is -0.849. The molecule has 0 spiro atoms. The fourth-order valence-corrected chi connectivity index (χ4v) is 0.194. The Bertz CT molecular complexity index is 147. The minimum absolute atomic E-state index is 1.27. The summed E-state index contributed by atoms with van der Waals surface area (Å²) in [6.07, 6.45) is 0. The van der Waals surface area contributed by atoms with Crippen molar-refractivity contribution in [2.24, 2.45) is 4.40 Å². The van der Waals surface area contributed by atoms with Crippen molar-refractivity contribution in [2.75, 3.05) is 7.05 Å². The molecule has 1 N–H and O–H groups in total. The third-order valence-corrected chi connectivity index (χ3v) is 1.28. The molecular formula is C2H6N2O2S. The minimum atomic E-state index is -3.39. The van der Waals surface area contributed by atoms with Gasteiger partial charge in [0.05, 0.1) is 0 Å². The molecule has 0 bridgehead atoms. The number of nitrogens with one attached hydrogen (secondary N) is 1. The zero-order valence-corrected chi connectivity index (χ0v) is 4.70. The fraction of sp³-hybridized carbons (Fsp3) is 0.500. The maximum Gasteiger partial charge on any atom is 0.318 e. The van der Waals surface area contributed by atoms with Gasteiger partial charge in [0.25, 0.3) is 0 Å². The van der Waals surface area contributed by atoms with E-state index in [2.05, 4.69) is 11.1 Å². The van der Waals surface area contributed by atoms with Gasteiger partial charge in [-0.1, -0.05) is 0 Å². The average molecular weight is 122 g/mol. The van der Waals surface area contributed by atoms with Crippen molar-refractivity contribution in [3.05, 3.63) is 0 Å². The first-order chi connectivity index (χ1) is 3.12. The number of hydrogen-bond acceptors (Lipinski definition) is 2. The van der Waals surface area contributed by atoms with Crippen LogP contribution in [0.15, 0.2) is 4.40 Å². The largest absolute Gasteiger partial charge is 0.318 e. The highest BCUT2D eigenvalue weighted by Crippen LogP contribution is 1.75. The number of rotatable bonds is 2. The maximum absolute atomic E-state index is 10.0. The molecule has 42 valence electrons. The topological polar surface area (TPSA) is 58.5 Å². The predicted molar refractivity (Wildman–Crippen MR) is 27.5 cm³/mol. The zero-order chi connectivity index (χ0) is 5.91. The first-order valence-corrected chi connectivity index (χ1v) is 2.98. The first kappa shape index (κ1) is 6.58. The van der Waals surface area contributed by atoms with Crippen molar-refractivity contribution >= 4 is 16.9 Å². The molecule has 0 aromatic rings. The molecule has 0 aliphatic rings. The normalized spacial score (nSPS) is 11.0. The van der Waals surface area contributed by atoms with Gasteiger partial charge in [-0.3, -0.25) is 0 Å². The Hall–Kier alpha value is -0.420. The molecule has 0 aromatic heterocycles. The second-order valence-electron chi connectivity index (χ2n) is 0.808. The molecule has 0 rings (SSSR count). The highest BCUT2D eigenvalue weighted by Gasteiger charge is 1.95. The van der Waals surface area contributed by atoms with Gasteiger partial charge >= 0.3 is 10.2 Å². The van der Waals surface area contributed by atoms with E-state index in [4.69, 9.17) is 0 Å². The summed E-state index contributed by atoms with van der Waals surface area (Å²) in [5, 5.41) is 0. The summed E-state index contributed by atoms with van der Waals surface area (Å²) >= 11 is 0. The van der Waals surface area contributed by atoms with Crippen LogP contribution in [0.25, 0.3) is 0 Å². The molecule has 0 amide bonds. The monoisotopic (exact) mass is 122 g/mol. The lowest BCUT2D eigenvalue weighted by molar-refractivity contribution is 0.590. The molecule has 0 unspecified atom stereocenters. The highest BCUT2D eigenvalue weighted by molar-refractivity contribution is 7.88. The van der Waals surface area contributed by atoms with Crippen LogP contribution < -0.4 is 4.72 Å². The first-order valence-electron chi connectivity index (χ1n) is 1.54. The van der Waals surface area contributed by atoms with E-state index in [1.165, 1.54) is 7.05 Å². The van der Waals surface area contributed by atoms with Crippen molar-refractivity contribution in [3.63, 3.8) is 0 Å². The Morgan fingerprint density at radius 1 is 1.71 bits per heavy atom. The summed E-state index contributed by atoms with van der Waals surface area (Å²) in [6, 6.07) is 0. The van der Waals surface area contributed by atoms with Crippen LogP contribution in [-0.2, 0) is 10.2 Å². The van der Waals surface area contributed by atoms with E-state index in [0.717, 1.165) is 0 Å². The van der Waals surface area contributed by atoms with E-state index in [0.29, 0.717) is 0 Å². The number of hydrogen-bond donors (Lipinski definition) is 1. The summed E-state index contributed by atoms with van der Waals surface area (Å²) in [5.74, 6) is 0. The van der Waals surface area contributed by atoms with E-state index >= 15 is 0 Å². The van der Waals surface area contributed by atoms with Gasteiger partial charge in [-0.05, 0) is 0 Å². The van der Waals surface area contributed by atoms with Gasteiger partial charge in [0.1, 0.15) is 0 Å². The van der Waals surface area contributed by atoms with Crippen LogP contribution in [0.5, 0.6) is 0 Å². The van der Waals surface area contributed by atoms with Gasteiger partial charge in [-0.15, -0.1) is 0 Å². The Kier molecular flexibility index (Phi) is 1.91. The summed E-state index contributed by atoms with van der Waals surface area (Å²) in [4.78, 5) is 0. The van der Waals surface area contributed by atoms with Gasteiger partial charge in [-0.25, -0.2) is 0 Å². The molecule has 0 aliphatic carbocycles. The second-order valence-corrected chi connectivity index (χ2v) is 2.42. The van der Waals surface area contributed by atoms with E-state index in [1.807, 2.05) is 4.72 Å². The fourth-order valence-electron chi connectivity index (χ4n) is 0.0645. The number of nitrogens with zero attached hydrogens (tertiary/aromatic N) is 1. The Labute approximate surface area is 42.4 Å². The summed E-state index contributed by atoms with van der Waals surface area (Å²) < 4.78 is 24.7. The van der Waals surface area contributed by atoms with Gasteiger partial charge in [0.15, 0.2) is 0 Å². The van der Waals surface area contributed by atoms with Crippen LogP contribution in [0.3, 0.4) is 0 Å². The highest BCUT2D eigenvalue weighted by atomic mass is 32.2. The summed E-state index contributed by atoms with van der Waals surface area (Å²) in [5.41, 5.74) is 0. The van der Waals surface area contributed by atoms with E-state index < -0.39 is 10.2 Å². The average Bonchev–Trinajstić information content (AvgIpc) is 1.68. The Morgan fingerprint density at radius 3 is 2.14 bits per heavy atom. The van der Waals surface area contributed by atoms with Crippen molar-refractivity contribution in [2.45, 2.75) is 0 Å². The van der Waals surface area contributed by atoms with Crippen molar-refractivity contribution in [1.29, 1.82) is 0 Å². The van der Waals surface area contributed by atoms with Gasteiger partial charge < -0.3 is 0 Å². The molecule has 0 aromatic carbocycles. The van der Waals surface area contributed by atoms with Crippen LogP contribution in [0.2, 0.25) is 0 Å². The van der Waals surface area contributed by atoms with Crippen molar-refractivity contribution in [3.8, 4) is 0 Å². The van der Waals surface area contributed by atoms with E-state index in [9.17, 15) is 8.42 Å². The maximum atomic E-state index is 10.0. The molecule has 0 radical (unpaired) electrons. The second kappa shape index (κ2) is 2.04. The molecule has 7 heavy (non-hydrogen) atoms. The quantitative estimate of drug-likeness (QED) is 0.485. The van der Waals surface area contributed by atoms with Crippen LogP contribution in [0, 0.1) is 0 Å². The summed E-state index contributed by atoms with van der Waals surface area (Å²) in [7, 11) is -2.13. The Balaban J connectivity index is 4.17. The molecule has 0 saturated heterocycles. The molecular weight excluding hydrogens is 116 g/mol. The molecule has 0 fully saturated rings. The smallest absolute Gasteiger partial charge is 0.199 e. The standard InChI is InChI=1S/C2H6N2O2S/c1-3-7(5,6)4-2/h4H,1H2,2H3. The molecule has 0 atom stereocenters. The third-order valence-electron chi connectivity index (χ3n) is 0.428. The SMILES string of the molecule is C=NS(=O)(=O)NC. The van der Waals surface area contributed by atoms with Crippen LogP contribution >= 0.6 is 0 Å². The van der Waals surface area contributed by atoms with Crippen LogP contribution in [0.4, 0.5) is 0 Å². The van der Waals surface area contributed by atoms with Gasteiger partial charge in [0.2, 0.25) is 0 Å². The molecule has 0 saturated carbocycles. The lowest BCUT2D eigenvalue weighted by Gasteiger charge is -1.86. The Morgan fingerprint density at radius 2 is 2.14 bits per heavy atom. The van der Waals surface area contributed by atoms with E-state index in [-0.39, 0.29) is 0 Å². The van der Waals surface area contributed by atoms with Crippen molar-refractivity contribution < 1.29 is 8.42 Å². The lowest BCUT2D eigenvalue weighted by atomic mass is 11.6. The molecule has 0 heterocycles.